The van der Waals surface area contributed by atoms with E-state index in [1.165, 1.54) is 17.8 Å². The fraction of sp³-hybridized carbons (Fsp3) is 0.474. The van der Waals surface area contributed by atoms with Crippen molar-refractivity contribution in [1.29, 1.82) is 0 Å². The predicted molar refractivity (Wildman–Crippen MR) is 109 cm³/mol. The maximum absolute atomic E-state index is 15.1. The first-order valence-corrected chi connectivity index (χ1v) is 10.2. The zero-order chi connectivity index (χ0) is 20.2. The highest BCUT2D eigenvalue weighted by Gasteiger charge is 2.35. The molecule has 150 valence electrons. The van der Waals surface area contributed by atoms with E-state index in [1.54, 1.807) is 6.92 Å². The van der Waals surface area contributed by atoms with Crippen molar-refractivity contribution in [3.8, 4) is 0 Å². The van der Waals surface area contributed by atoms with E-state index in [2.05, 4.69) is 4.90 Å². The minimum absolute atomic E-state index is 0.0145. The lowest BCUT2D eigenvalue weighted by atomic mass is 10.1. The molecule has 1 saturated heterocycles. The minimum Gasteiger partial charge on any atom is -0.462 e. The van der Waals surface area contributed by atoms with Crippen molar-refractivity contribution in [3.63, 3.8) is 0 Å². The summed E-state index contributed by atoms with van der Waals surface area (Å²) < 4.78 is 22.0. The monoisotopic (exact) mass is 406 g/mol. The second kappa shape index (κ2) is 6.97. The molecule has 2 aliphatic heterocycles. The Kier molecular flexibility index (Phi) is 4.75. The molecule has 0 aliphatic carbocycles. The maximum Gasteiger partial charge on any atom is 0.344 e. The highest BCUT2D eigenvalue weighted by molar-refractivity contribution is 8.00. The average molecular weight is 406 g/mol. The predicted octanol–water partition coefficient (Wildman–Crippen LogP) is 2.28. The van der Waals surface area contributed by atoms with Crippen LogP contribution in [0.3, 0.4) is 0 Å². The van der Waals surface area contributed by atoms with Gasteiger partial charge in [-0.25, -0.2) is 9.18 Å². The van der Waals surface area contributed by atoms with Crippen LogP contribution < -0.4 is 16.1 Å². The van der Waals surface area contributed by atoms with E-state index in [-0.39, 0.29) is 28.6 Å². The van der Waals surface area contributed by atoms with Gasteiger partial charge in [0.05, 0.1) is 39.3 Å². The molecule has 2 N–H and O–H groups in total. The van der Waals surface area contributed by atoms with Gasteiger partial charge in [0.1, 0.15) is 11.4 Å². The zero-order valence-corrected chi connectivity index (χ0v) is 16.9. The molecule has 0 spiro atoms. The third-order valence-electron chi connectivity index (χ3n) is 5.35. The molecule has 2 aromatic rings. The Bertz CT molecular complexity index is 1030. The van der Waals surface area contributed by atoms with Gasteiger partial charge in [0.15, 0.2) is 0 Å². The molecule has 1 fully saturated rings. The number of carbonyl (C=O) groups excluding carboxylic acids is 1. The summed E-state index contributed by atoms with van der Waals surface area (Å²) in [4.78, 5) is 29.5. The van der Waals surface area contributed by atoms with Crippen molar-refractivity contribution in [2.75, 3.05) is 50.5 Å². The minimum atomic E-state index is -0.681. The number of nitrogens with two attached hydrogens (primary N) is 1. The first-order chi connectivity index (χ1) is 13.3. The Balaban J connectivity index is 1.96. The summed E-state index contributed by atoms with van der Waals surface area (Å²) in [6.07, 6.45) is 0. The zero-order valence-electron chi connectivity index (χ0n) is 16.1. The molecule has 1 atom stereocenters. The number of benzene rings is 1. The van der Waals surface area contributed by atoms with Gasteiger partial charge in [-0.05, 0) is 27.0 Å². The van der Waals surface area contributed by atoms with Gasteiger partial charge < -0.3 is 24.8 Å². The topological polar surface area (TPSA) is 80.8 Å². The van der Waals surface area contributed by atoms with Crippen LogP contribution in [-0.2, 0) is 4.74 Å². The fourth-order valence-electron chi connectivity index (χ4n) is 3.90. The van der Waals surface area contributed by atoms with Gasteiger partial charge in [-0.2, -0.15) is 0 Å². The molecule has 1 aromatic heterocycles. The van der Waals surface area contributed by atoms with E-state index in [1.807, 2.05) is 23.4 Å². The Labute approximate surface area is 166 Å². The smallest absolute Gasteiger partial charge is 0.344 e. The molecule has 1 unspecified atom stereocenters. The largest absolute Gasteiger partial charge is 0.462 e. The molecule has 7 nitrogen and oxygen atoms in total. The first-order valence-electron chi connectivity index (χ1n) is 9.32. The molecule has 9 heteroatoms. The quantitative estimate of drug-likeness (QED) is 0.619. The summed E-state index contributed by atoms with van der Waals surface area (Å²) in [5, 5.41) is 0.636. The lowest BCUT2D eigenvalue weighted by molar-refractivity contribution is 0.0518. The lowest BCUT2D eigenvalue weighted by Gasteiger charge is -2.37. The number of carbonyl (C=O) groups is 1. The number of rotatable bonds is 3. The highest BCUT2D eigenvalue weighted by Crippen LogP contribution is 2.48. The molecule has 3 heterocycles. The number of hydrogen-bond acceptors (Lipinski definition) is 7. The van der Waals surface area contributed by atoms with Crippen molar-refractivity contribution >= 4 is 40.0 Å². The second-order valence-corrected chi connectivity index (χ2v) is 8.43. The number of nitrogens with zero attached hydrogens (tertiary/aromatic N) is 3. The lowest BCUT2D eigenvalue weighted by Crippen LogP contribution is -2.45. The Hall–Kier alpha value is -2.26. The Morgan fingerprint density at radius 1 is 1.36 bits per heavy atom. The van der Waals surface area contributed by atoms with E-state index >= 15 is 4.39 Å². The van der Waals surface area contributed by atoms with E-state index < -0.39 is 17.2 Å². The number of aromatic nitrogens is 1. The molecule has 4 rings (SSSR count). The van der Waals surface area contributed by atoms with Crippen molar-refractivity contribution < 1.29 is 13.9 Å². The average Bonchev–Trinajstić information content (AvgIpc) is 2.64. The molecule has 0 amide bonds. The van der Waals surface area contributed by atoms with Crippen molar-refractivity contribution in [1.82, 2.24) is 9.47 Å². The van der Waals surface area contributed by atoms with E-state index in [0.29, 0.717) is 29.3 Å². The first kappa shape index (κ1) is 19.1. The molecule has 0 bridgehead atoms. The van der Waals surface area contributed by atoms with Crippen molar-refractivity contribution in [2.24, 2.45) is 0 Å². The van der Waals surface area contributed by atoms with E-state index in [0.717, 1.165) is 13.1 Å². The van der Waals surface area contributed by atoms with E-state index in [9.17, 15) is 9.59 Å². The van der Waals surface area contributed by atoms with Crippen LogP contribution in [0.1, 0.15) is 29.6 Å². The Morgan fingerprint density at radius 2 is 2.04 bits per heavy atom. The van der Waals surface area contributed by atoms with Gasteiger partial charge in [0, 0.05) is 26.2 Å². The van der Waals surface area contributed by atoms with Gasteiger partial charge in [-0.3, -0.25) is 4.79 Å². The van der Waals surface area contributed by atoms with Gasteiger partial charge >= 0.3 is 5.97 Å². The number of nitrogen functional groups attached to an aromatic ring is 1. The highest BCUT2D eigenvalue weighted by atomic mass is 32.2. The molecule has 2 aliphatic rings. The number of esters is 1. The SMILES string of the molecule is CCOC(=O)c1c2n(c3c(N)c(N4CCN(C)CC4)c(F)cc3c1=O)C(C)S2. The van der Waals surface area contributed by atoms with Crippen molar-refractivity contribution in [3.05, 3.63) is 27.7 Å². The molecular weight excluding hydrogens is 383 g/mol. The number of fused-ring (bicyclic) bond motifs is 3. The summed E-state index contributed by atoms with van der Waals surface area (Å²) in [7, 11) is 2.02. The van der Waals surface area contributed by atoms with Gasteiger partial charge in [-0.1, -0.05) is 11.8 Å². The molecule has 28 heavy (non-hydrogen) atoms. The number of piperazine rings is 1. The van der Waals surface area contributed by atoms with E-state index in [4.69, 9.17) is 10.5 Å². The van der Waals surface area contributed by atoms with Crippen LogP contribution in [0.25, 0.3) is 10.9 Å². The van der Waals surface area contributed by atoms with Crippen molar-refractivity contribution in [2.45, 2.75) is 24.2 Å². The molecule has 1 aromatic carbocycles. The molecule has 0 radical (unpaired) electrons. The van der Waals surface area contributed by atoms with Gasteiger partial charge in [0.25, 0.3) is 0 Å². The van der Waals surface area contributed by atoms with Gasteiger partial charge in [0.2, 0.25) is 5.43 Å². The number of hydrogen-bond donors (Lipinski definition) is 1. The third-order valence-corrected chi connectivity index (χ3v) is 6.53. The van der Waals surface area contributed by atoms with Crippen LogP contribution in [0.15, 0.2) is 15.9 Å². The summed E-state index contributed by atoms with van der Waals surface area (Å²) in [6, 6.07) is 1.22. The Morgan fingerprint density at radius 3 is 2.64 bits per heavy atom. The normalized spacial score (nSPS) is 19.4. The molecule has 0 saturated carbocycles. The summed E-state index contributed by atoms with van der Waals surface area (Å²) in [6.45, 7) is 6.73. The van der Waals surface area contributed by atoms with Crippen LogP contribution in [0.5, 0.6) is 0 Å². The van der Waals surface area contributed by atoms with Crippen LogP contribution in [0, 0.1) is 5.82 Å². The van der Waals surface area contributed by atoms with Crippen LogP contribution >= 0.6 is 11.8 Å². The fourth-order valence-corrected chi connectivity index (χ4v) is 5.03. The number of likely N-dealkylation sites (N-methyl/N-ethyl adjacent to an activating group) is 1. The van der Waals surface area contributed by atoms with Gasteiger partial charge in [-0.15, -0.1) is 0 Å². The maximum atomic E-state index is 15.1. The summed E-state index contributed by atoms with van der Waals surface area (Å²) in [5.74, 6) is -1.22. The third kappa shape index (κ3) is 2.76. The molecular formula is C19H23FN4O3S. The number of thioether (sulfide) groups is 1. The number of halogens is 1. The number of ether oxygens (including phenoxy) is 1. The van der Waals surface area contributed by atoms with Crippen LogP contribution in [0.4, 0.5) is 15.8 Å². The summed E-state index contributed by atoms with van der Waals surface area (Å²) >= 11 is 1.41. The number of pyridine rings is 1. The second-order valence-electron chi connectivity index (χ2n) is 7.12. The summed E-state index contributed by atoms with van der Waals surface area (Å²) in [5.41, 5.74) is 6.93. The standard InChI is InChI=1S/C19H23FN4O3S/c1-4-27-19(26)13-17(25)11-9-12(20)16(23-7-5-22(3)6-8-23)14(21)15(11)24-10(2)28-18(13)24/h9-10H,4-8,21H2,1-3H3. The number of anilines is 2. The van der Waals surface area contributed by atoms with Crippen LogP contribution in [0.2, 0.25) is 0 Å². The van der Waals surface area contributed by atoms with Crippen LogP contribution in [-0.4, -0.2) is 55.3 Å².